The van der Waals surface area contributed by atoms with Gasteiger partial charge in [0.05, 0.1) is 0 Å². The van der Waals surface area contributed by atoms with Crippen LogP contribution in [0.3, 0.4) is 0 Å². The smallest absolute Gasteiger partial charge is 0.236 e. The number of hydrogen-bond donors (Lipinski definition) is 1. The molecule has 0 saturated heterocycles. The van der Waals surface area contributed by atoms with Gasteiger partial charge >= 0.3 is 0 Å². The van der Waals surface area contributed by atoms with Crippen LogP contribution in [-0.4, -0.2) is 26.9 Å². The summed E-state index contributed by atoms with van der Waals surface area (Å²) < 4.78 is 6.49. The molecule has 7 heteroatoms. The second kappa shape index (κ2) is 2.68. The largest absolute Gasteiger partial charge is 0.377 e. The molecule has 2 N–H and O–H groups in total. The first-order valence-corrected chi connectivity index (χ1v) is 4.08. The van der Waals surface area contributed by atoms with Crippen LogP contribution in [0.15, 0.2) is 0 Å². The van der Waals surface area contributed by atoms with E-state index in [1.165, 1.54) is 11.3 Å². The van der Waals surface area contributed by atoms with Crippen LogP contribution in [0, 0.1) is 0 Å². The van der Waals surface area contributed by atoms with E-state index in [0.717, 1.165) is 0 Å². The molecule has 0 aromatic carbocycles. The Kier molecular flexibility index (Phi) is 1.66. The molecule has 64 valence electrons. The number of fused-ring (bicyclic) bond motifs is 1. The van der Waals surface area contributed by atoms with Gasteiger partial charge in [-0.2, -0.15) is 4.52 Å². The van der Waals surface area contributed by atoms with E-state index in [1.807, 2.05) is 0 Å². The summed E-state index contributed by atoms with van der Waals surface area (Å²) in [5, 5.41) is 12.2. The number of anilines is 1. The second-order valence-corrected chi connectivity index (χ2v) is 3.17. The van der Waals surface area contributed by atoms with Gasteiger partial charge in [0.2, 0.25) is 10.1 Å². The Morgan fingerprint density at radius 2 is 2.42 bits per heavy atom. The lowest BCUT2D eigenvalue weighted by atomic mass is 10.7. The van der Waals surface area contributed by atoms with Crippen molar-refractivity contribution in [1.29, 1.82) is 0 Å². The quantitative estimate of drug-likeness (QED) is 0.707. The summed E-state index contributed by atoms with van der Waals surface area (Å²) in [6.07, 6.45) is 0. The number of rotatable bonds is 2. The molecule has 0 amide bonds. The molecule has 0 fully saturated rings. The van der Waals surface area contributed by atoms with Crippen molar-refractivity contribution in [2.75, 3.05) is 12.8 Å². The second-order valence-electron chi connectivity index (χ2n) is 2.18. The van der Waals surface area contributed by atoms with E-state index in [1.54, 1.807) is 11.6 Å². The Hall–Kier alpha value is -1.21. The van der Waals surface area contributed by atoms with Gasteiger partial charge in [-0.15, -0.1) is 15.3 Å². The fraction of sp³-hybridized carbons (Fsp3) is 0.400. The zero-order valence-corrected chi connectivity index (χ0v) is 7.21. The minimum Gasteiger partial charge on any atom is -0.377 e. The van der Waals surface area contributed by atoms with Gasteiger partial charge in [-0.3, -0.25) is 0 Å². The number of ether oxygens (including phenoxy) is 1. The molecular weight excluding hydrogens is 178 g/mol. The van der Waals surface area contributed by atoms with Gasteiger partial charge in [-0.05, 0) is 0 Å². The summed E-state index contributed by atoms with van der Waals surface area (Å²) in [6, 6.07) is 0. The van der Waals surface area contributed by atoms with Crippen molar-refractivity contribution in [2.45, 2.75) is 6.61 Å². The lowest BCUT2D eigenvalue weighted by molar-refractivity contribution is 0.176. The third-order valence-corrected chi connectivity index (χ3v) is 2.07. The summed E-state index contributed by atoms with van der Waals surface area (Å²) >= 11 is 1.30. The third kappa shape index (κ3) is 1.03. The molecule has 0 aliphatic rings. The molecule has 12 heavy (non-hydrogen) atoms. The predicted octanol–water partition coefficient (Wildman–Crippen LogP) is -0.0856. The minimum atomic E-state index is 0.393. The van der Waals surface area contributed by atoms with E-state index in [4.69, 9.17) is 10.5 Å². The first-order chi connectivity index (χ1) is 5.81. The van der Waals surface area contributed by atoms with Crippen LogP contribution in [0.5, 0.6) is 0 Å². The molecule has 2 rings (SSSR count). The summed E-state index contributed by atoms with van der Waals surface area (Å²) in [7, 11) is 1.59. The molecule has 2 aromatic heterocycles. The molecule has 0 aliphatic heterocycles. The fourth-order valence-corrected chi connectivity index (χ4v) is 1.52. The van der Waals surface area contributed by atoms with E-state index in [0.29, 0.717) is 22.5 Å². The van der Waals surface area contributed by atoms with Crippen LogP contribution in [0.4, 0.5) is 5.13 Å². The molecule has 2 aromatic rings. The number of nitrogens with zero attached hydrogens (tertiary/aromatic N) is 4. The first-order valence-electron chi connectivity index (χ1n) is 3.27. The number of nitrogens with two attached hydrogens (primary N) is 1. The highest BCUT2D eigenvalue weighted by Crippen LogP contribution is 2.14. The maximum atomic E-state index is 5.48. The van der Waals surface area contributed by atoms with Gasteiger partial charge in [-0.1, -0.05) is 11.3 Å². The van der Waals surface area contributed by atoms with Crippen molar-refractivity contribution in [3.05, 3.63) is 5.82 Å². The van der Waals surface area contributed by atoms with E-state index in [9.17, 15) is 0 Å². The zero-order chi connectivity index (χ0) is 8.55. The number of hydrogen-bond acceptors (Lipinski definition) is 6. The van der Waals surface area contributed by atoms with Crippen LogP contribution >= 0.6 is 11.3 Å². The van der Waals surface area contributed by atoms with E-state index in [-0.39, 0.29) is 0 Å². The van der Waals surface area contributed by atoms with Gasteiger partial charge in [-0.25, -0.2) is 0 Å². The standard InChI is InChI=1S/C5H7N5OS/c1-11-2-3-7-8-5-10(3)9-4(6)12-5/h2H2,1H3,(H2,6,9). The van der Waals surface area contributed by atoms with Gasteiger partial charge in [0.15, 0.2) is 5.82 Å². The topological polar surface area (TPSA) is 78.3 Å². The monoisotopic (exact) mass is 185 g/mol. The van der Waals surface area contributed by atoms with Gasteiger partial charge < -0.3 is 10.5 Å². The number of aromatic nitrogens is 4. The Balaban J connectivity index is 2.53. The lowest BCUT2D eigenvalue weighted by Gasteiger charge is -1.91. The molecule has 6 nitrogen and oxygen atoms in total. The Labute approximate surface area is 72.0 Å². The minimum absolute atomic E-state index is 0.393. The predicted molar refractivity (Wildman–Crippen MR) is 43.8 cm³/mol. The molecule has 0 spiro atoms. The summed E-state index contributed by atoms with van der Waals surface area (Å²) in [5.74, 6) is 0.667. The Bertz CT molecular complexity index is 393. The Morgan fingerprint density at radius 3 is 3.17 bits per heavy atom. The van der Waals surface area contributed by atoms with Crippen molar-refractivity contribution in [3.8, 4) is 0 Å². The van der Waals surface area contributed by atoms with Gasteiger partial charge in [0.25, 0.3) is 0 Å². The maximum absolute atomic E-state index is 5.48. The molecular formula is C5H7N5OS. The molecule has 0 radical (unpaired) electrons. The van der Waals surface area contributed by atoms with Crippen LogP contribution in [-0.2, 0) is 11.3 Å². The molecule has 0 aliphatic carbocycles. The fourth-order valence-electron chi connectivity index (χ4n) is 0.891. The van der Waals surface area contributed by atoms with Crippen molar-refractivity contribution in [1.82, 2.24) is 19.8 Å². The Morgan fingerprint density at radius 1 is 1.58 bits per heavy atom. The lowest BCUT2D eigenvalue weighted by Crippen LogP contribution is -1.97. The summed E-state index contributed by atoms with van der Waals surface area (Å²) in [4.78, 5) is 0.694. The molecule has 0 unspecified atom stereocenters. The number of nitrogen functional groups attached to an aromatic ring is 1. The third-order valence-electron chi connectivity index (χ3n) is 1.34. The highest BCUT2D eigenvalue weighted by molar-refractivity contribution is 7.20. The van der Waals surface area contributed by atoms with Gasteiger partial charge in [0, 0.05) is 7.11 Å². The van der Waals surface area contributed by atoms with Crippen molar-refractivity contribution in [3.63, 3.8) is 0 Å². The normalized spacial score (nSPS) is 11.1. The highest BCUT2D eigenvalue weighted by Gasteiger charge is 2.08. The zero-order valence-electron chi connectivity index (χ0n) is 6.39. The first kappa shape index (κ1) is 7.44. The summed E-state index contributed by atoms with van der Waals surface area (Å²) in [6.45, 7) is 0.393. The molecule has 2 heterocycles. The molecule has 0 atom stereocenters. The average molecular weight is 185 g/mol. The van der Waals surface area contributed by atoms with Crippen LogP contribution in [0.2, 0.25) is 0 Å². The van der Waals surface area contributed by atoms with Crippen molar-refractivity contribution in [2.24, 2.45) is 0 Å². The average Bonchev–Trinajstić information content (AvgIpc) is 2.52. The van der Waals surface area contributed by atoms with Crippen LogP contribution in [0.1, 0.15) is 5.82 Å². The molecule has 0 bridgehead atoms. The highest BCUT2D eigenvalue weighted by atomic mass is 32.1. The molecule has 0 saturated carbocycles. The van der Waals surface area contributed by atoms with E-state index < -0.39 is 0 Å². The van der Waals surface area contributed by atoms with Crippen molar-refractivity contribution >= 4 is 21.4 Å². The van der Waals surface area contributed by atoms with Gasteiger partial charge in [0.1, 0.15) is 6.61 Å². The van der Waals surface area contributed by atoms with Crippen LogP contribution in [0.25, 0.3) is 4.96 Å². The summed E-state index contributed by atoms with van der Waals surface area (Å²) in [5.41, 5.74) is 5.48. The number of methoxy groups -OCH3 is 1. The van der Waals surface area contributed by atoms with E-state index in [2.05, 4.69) is 15.3 Å². The van der Waals surface area contributed by atoms with Crippen molar-refractivity contribution < 1.29 is 4.74 Å². The van der Waals surface area contributed by atoms with E-state index >= 15 is 0 Å². The SMILES string of the molecule is COCc1nnc2sc(N)nn12. The maximum Gasteiger partial charge on any atom is 0.236 e. The van der Waals surface area contributed by atoms with Crippen LogP contribution < -0.4 is 5.73 Å².